The van der Waals surface area contributed by atoms with Crippen LogP contribution in [0.3, 0.4) is 0 Å². The zero-order chi connectivity index (χ0) is 14.4. The van der Waals surface area contributed by atoms with Crippen molar-refractivity contribution in [3.63, 3.8) is 0 Å². The first-order chi connectivity index (χ1) is 9.69. The molecule has 0 spiro atoms. The Kier molecular flexibility index (Phi) is 5.24. The molecule has 0 radical (unpaired) electrons. The SMILES string of the molecule is CNCC1CCCN(C(=O)/C=C/c2cncc(F)c2)C1. The van der Waals surface area contributed by atoms with Crippen LogP contribution in [0.4, 0.5) is 4.39 Å². The van der Waals surface area contributed by atoms with Crippen molar-refractivity contribution in [3.05, 3.63) is 35.9 Å². The van der Waals surface area contributed by atoms with E-state index in [0.717, 1.165) is 38.7 Å². The summed E-state index contributed by atoms with van der Waals surface area (Å²) >= 11 is 0. The second kappa shape index (κ2) is 7.14. The summed E-state index contributed by atoms with van der Waals surface area (Å²) in [7, 11) is 1.93. The minimum atomic E-state index is -0.397. The van der Waals surface area contributed by atoms with Crippen LogP contribution in [0, 0.1) is 11.7 Å². The van der Waals surface area contributed by atoms with E-state index in [1.807, 2.05) is 11.9 Å². The van der Waals surface area contributed by atoms with Gasteiger partial charge in [-0.05, 0) is 50.1 Å². The van der Waals surface area contributed by atoms with E-state index in [0.29, 0.717) is 11.5 Å². The first kappa shape index (κ1) is 14.7. The fraction of sp³-hybridized carbons (Fsp3) is 0.467. The minimum absolute atomic E-state index is 0.0185. The molecule has 1 fully saturated rings. The molecule has 1 aliphatic rings. The summed E-state index contributed by atoms with van der Waals surface area (Å²) in [6.45, 7) is 2.51. The quantitative estimate of drug-likeness (QED) is 0.852. The number of aromatic nitrogens is 1. The second-order valence-corrected chi connectivity index (χ2v) is 5.12. The molecule has 1 unspecified atom stereocenters. The molecule has 0 bridgehead atoms. The lowest BCUT2D eigenvalue weighted by atomic mass is 9.98. The van der Waals surface area contributed by atoms with E-state index < -0.39 is 5.82 Å². The summed E-state index contributed by atoms with van der Waals surface area (Å²) < 4.78 is 13.0. The first-order valence-electron chi connectivity index (χ1n) is 6.91. The van der Waals surface area contributed by atoms with E-state index >= 15 is 0 Å². The summed E-state index contributed by atoms with van der Waals surface area (Å²) in [6.07, 6.45) is 7.98. The van der Waals surface area contributed by atoms with E-state index in [1.54, 1.807) is 6.08 Å². The van der Waals surface area contributed by atoms with Crippen LogP contribution in [-0.4, -0.2) is 42.5 Å². The van der Waals surface area contributed by atoms with Crippen LogP contribution in [0.25, 0.3) is 6.08 Å². The van der Waals surface area contributed by atoms with Gasteiger partial charge in [-0.15, -0.1) is 0 Å². The molecular formula is C15H20FN3O. The largest absolute Gasteiger partial charge is 0.339 e. The van der Waals surface area contributed by atoms with Crippen LogP contribution in [0.15, 0.2) is 24.5 Å². The van der Waals surface area contributed by atoms with Gasteiger partial charge < -0.3 is 10.2 Å². The van der Waals surface area contributed by atoms with E-state index in [1.165, 1.54) is 18.3 Å². The van der Waals surface area contributed by atoms with Crippen molar-refractivity contribution in [1.82, 2.24) is 15.2 Å². The Hall–Kier alpha value is -1.75. The molecule has 20 heavy (non-hydrogen) atoms. The maximum atomic E-state index is 13.0. The van der Waals surface area contributed by atoms with E-state index in [-0.39, 0.29) is 5.91 Å². The number of halogens is 1. The Morgan fingerprint density at radius 2 is 2.45 bits per heavy atom. The predicted octanol–water partition coefficient (Wildman–Crippen LogP) is 1.69. The number of amides is 1. The number of hydrogen-bond acceptors (Lipinski definition) is 3. The maximum absolute atomic E-state index is 13.0. The van der Waals surface area contributed by atoms with E-state index in [4.69, 9.17) is 0 Å². The summed E-state index contributed by atoms with van der Waals surface area (Å²) in [4.78, 5) is 17.7. The smallest absolute Gasteiger partial charge is 0.246 e. The Labute approximate surface area is 118 Å². The third-order valence-corrected chi connectivity index (χ3v) is 3.47. The molecule has 2 rings (SSSR count). The number of hydrogen-bond donors (Lipinski definition) is 1. The van der Waals surface area contributed by atoms with Crippen LogP contribution in [0.5, 0.6) is 0 Å². The van der Waals surface area contributed by atoms with Crippen LogP contribution >= 0.6 is 0 Å². The molecule has 1 aromatic rings. The molecule has 4 nitrogen and oxygen atoms in total. The summed E-state index contributed by atoms with van der Waals surface area (Å²) in [6, 6.07) is 1.36. The van der Waals surface area contributed by atoms with Crippen molar-refractivity contribution >= 4 is 12.0 Å². The third-order valence-electron chi connectivity index (χ3n) is 3.47. The van der Waals surface area contributed by atoms with Crippen LogP contribution in [-0.2, 0) is 4.79 Å². The topological polar surface area (TPSA) is 45.2 Å². The molecule has 0 aromatic carbocycles. The molecule has 1 amide bonds. The molecule has 1 aromatic heterocycles. The van der Waals surface area contributed by atoms with E-state index in [9.17, 15) is 9.18 Å². The molecule has 5 heteroatoms. The Bertz CT molecular complexity index is 488. The number of nitrogens with one attached hydrogen (secondary N) is 1. The van der Waals surface area contributed by atoms with Gasteiger partial charge in [0.05, 0.1) is 6.20 Å². The third kappa shape index (κ3) is 4.13. The van der Waals surface area contributed by atoms with Gasteiger partial charge in [-0.25, -0.2) is 4.39 Å². The Morgan fingerprint density at radius 1 is 1.60 bits per heavy atom. The fourth-order valence-electron chi connectivity index (χ4n) is 2.51. The number of rotatable bonds is 4. The zero-order valence-electron chi connectivity index (χ0n) is 11.7. The molecule has 108 valence electrons. The highest BCUT2D eigenvalue weighted by molar-refractivity contribution is 5.91. The van der Waals surface area contributed by atoms with Gasteiger partial charge in [0.1, 0.15) is 5.82 Å². The highest BCUT2D eigenvalue weighted by Crippen LogP contribution is 2.16. The average Bonchev–Trinajstić information content (AvgIpc) is 2.45. The predicted molar refractivity (Wildman–Crippen MR) is 76.5 cm³/mol. The fourth-order valence-corrected chi connectivity index (χ4v) is 2.51. The lowest BCUT2D eigenvalue weighted by Crippen LogP contribution is -2.41. The molecule has 1 aliphatic heterocycles. The average molecular weight is 277 g/mol. The minimum Gasteiger partial charge on any atom is -0.339 e. The van der Waals surface area contributed by atoms with Gasteiger partial charge in [-0.3, -0.25) is 9.78 Å². The zero-order valence-corrected chi connectivity index (χ0v) is 11.7. The normalized spacial score (nSPS) is 19.5. The second-order valence-electron chi connectivity index (χ2n) is 5.12. The highest BCUT2D eigenvalue weighted by atomic mass is 19.1. The van der Waals surface area contributed by atoms with Gasteiger partial charge >= 0.3 is 0 Å². The van der Waals surface area contributed by atoms with E-state index in [2.05, 4.69) is 10.3 Å². The van der Waals surface area contributed by atoms with Gasteiger partial charge in [0.25, 0.3) is 0 Å². The molecule has 0 aliphatic carbocycles. The van der Waals surface area contributed by atoms with Crippen molar-refractivity contribution in [2.75, 3.05) is 26.7 Å². The monoisotopic (exact) mass is 277 g/mol. The molecule has 1 N–H and O–H groups in total. The molecule has 0 saturated carbocycles. The number of carbonyl (C=O) groups is 1. The van der Waals surface area contributed by atoms with Gasteiger partial charge in [-0.1, -0.05) is 0 Å². The lowest BCUT2D eigenvalue weighted by Gasteiger charge is -2.32. The number of likely N-dealkylation sites (tertiary alicyclic amines) is 1. The molecule has 1 saturated heterocycles. The molecule has 1 atom stereocenters. The summed E-state index contributed by atoms with van der Waals surface area (Å²) in [5.41, 5.74) is 0.599. The Balaban J connectivity index is 1.94. The number of nitrogens with zero attached hydrogens (tertiary/aromatic N) is 2. The number of carbonyl (C=O) groups excluding carboxylic acids is 1. The van der Waals surface area contributed by atoms with Gasteiger partial charge in [0.15, 0.2) is 0 Å². The standard InChI is InChI=1S/C15H20FN3O/c1-17-8-13-3-2-6-19(11-13)15(20)5-4-12-7-14(16)10-18-9-12/h4-5,7,9-10,13,17H,2-3,6,8,11H2,1H3/b5-4+. The lowest BCUT2D eigenvalue weighted by molar-refractivity contribution is -0.127. The number of piperidine rings is 1. The van der Waals surface area contributed by atoms with Crippen molar-refractivity contribution in [2.24, 2.45) is 5.92 Å². The molecule has 2 heterocycles. The van der Waals surface area contributed by atoms with Crippen LogP contribution in [0.2, 0.25) is 0 Å². The van der Waals surface area contributed by atoms with Gasteiger partial charge in [0, 0.05) is 25.4 Å². The number of pyridine rings is 1. The van der Waals surface area contributed by atoms with Gasteiger partial charge in [-0.2, -0.15) is 0 Å². The highest BCUT2D eigenvalue weighted by Gasteiger charge is 2.21. The Morgan fingerprint density at radius 3 is 3.20 bits per heavy atom. The molecular weight excluding hydrogens is 257 g/mol. The van der Waals surface area contributed by atoms with Crippen molar-refractivity contribution in [3.8, 4) is 0 Å². The van der Waals surface area contributed by atoms with Crippen molar-refractivity contribution in [2.45, 2.75) is 12.8 Å². The maximum Gasteiger partial charge on any atom is 0.246 e. The van der Waals surface area contributed by atoms with Crippen molar-refractivity contribution < 1.29 is 9.18 Å². The van der Waals surface area contributed by atoms with Crippen LogP contribution in [0.1, 0.15) is 18.4 Å². The first-order valence-corrected chi connectivity index (χ1v) is 6.91. The summed E-state index contributed by atoms with van der Waals surface area (Å²) in [5, 5.41) is 3.16. The van der Waals surface area contributed by atoms with Crippen LogP contribution < -0.4 is 5.32 Å². The van der Waals surface area contributed by atoms with Gasteiger partial charge in [0.2, 0.25) is 5.91 Å². The summed E-state index contributed by atoms with van der Waals surface area (Å²) in [5.74, 6) is 0.101. The van der Waals surface area contributed by atoms with Crippen molar-refractivity contribution in [1.29, 1.82) is 0 Å².